The van der Waals surface area contributed by atoms with E-state index in [0.29, 0.717) is 28.8 Å². The number of rotatable bonds is 4. The van der Waals surface area contributed by atoms with Crippen LogP contribution in [0.5, 0.6) is 0 Å². The van der Waals surface area contributed by atoms with Gasteiger partial charge in [0.05, 0.1) is 10.7 Å². The second-order valence-electron chi connectivity index (χ2n) is 6.35. The molecule has 0 spiro atoms. The normalized spacial score (nSPS) is 13.3. The molecule has 0 aromatic heterocycles. The van der Waals surface area contributed by atoms with Gasteiger partial charge < -0.3 is 9.80 Å². The molecular formula is C20H20Cl2N2O2. The maximum atomic E-state index is 12.6. The number of halogens is 2. The van der Waals surface area contributed by atoms with Crippen molar-refractivity contribution >= 4 is 40.7 Å². The summed E-state index contributed by atoms with van der Waals surface area (Å²) in [5.41, 5.74) is 3.02. The average Bonchev–Trinajstić information content (AvgIpc) is 2.63. The number of nitrogens with zero attached hydrogens (tertiary/aromatic N) is 2. The van der Waals surface area contributed by atoms with Crippen LogP contribution < -0.4 is 4.90 Å². The van der Waals surface area contributed by atoms with E-state index >= 15 is 0 Å². The summed E-state index contributed by atoms with van der Waals surface area (Å²) in [5, 5.41) is 0.929. The van der Waals surface area contributed by atoms with Gasteiger partial charge in [0.1, 0.15) is 0 Å². The SMILES string of the molecule is CC(=O)N(CCC(=O)N1CCc2ccccc2C1)c1cc(Cl)ccc1Cl. The van der Waals surface area contributed by atoms with Crippen molar-refractivity contribution in [2.45, 2.75) is 26.3 Å². The molecule has 0 fully saturated rings. The molecule has 2 aromatic carbocycles. The quantitative estimate of drug-likeness (QED) is 0.779. The van der Waals surface area contributed by atoms with Crippen molar-refractivity contribution < 1.29 is 9.59 Å². The number of fused-ring (bicyclic) bond motifs is 1. The molecule has 0 N–H and O–H groups in total. The average molecular weight is 391 g/mol. The Morgan fingerprint density at radius 2 is 1.85 bits per heavy atom. The molecule has 2 amide bonds. The second kappa shape index (κ2) is 8.11. The maximum Gasteiger partial charge on any atom is 0.224 e. The first-order chi connectivity index (χ1) is 12.5. The van der Waals surface area contributed by atoms with Gasteiger partial charge in [-0.05, 0) is 35.7 Å². The lowest BCUT2D eigenvalue weighted by molar-refractivity contribution is -0.131. The zero-order valence-corrected chi connectivity index (χ0v) is 16.1. The Kier molecular flexibility index (Phi) is 5.84. The molecule has 0 radical (unpaired) electrons. The van der Waals surface area contributed by atoms with Crippen LogP contribution in [0.1, 0.15) is 24.5 Å². The highest BCUT2D eigenvalue weighted by atomic mass is 35.5. The topological polar surface area (TPSA) is 40.6 Å². The van der Waals surface area contributed by atoms with Gasteiger partial charge in [0.2, 0.25) is 11.8 Å². The molecule has 1 aliphatic heterocycles. The van der Waals surface area contributed by atoms with Gasteiger partial charge in [0.25, 0.3) is 0 Å². The van der Waals surface area contributed by atoms with Crippen LogP contribution in [0.25, 0.3) is 0 Å². The van der Waals surface area contributed by atoms with Gasteiger partial charge in [-0.15, -0.1) is 0 Å². The zero-order chi connectivity index (χ0) is 18.7. The fourth-order valence-electron chi connectivity index (χ4n) is 3.21. The highest BCUT2D eigenvalue weighted by molar-refractivity contribution is 6.35. The minimum atomic E-state index is -0.175. The third-order valence-electron chi connectivity index (χ3n) is 4.61. The molecule has 6 heteroatoms. The Hall–Kier alpha value is -2.04. The monoisotopic (exact) mass is 390 g/mol. The first kappa shape index (κ1) is 18.7. The third-order valence-corrected chi connectivity index (χ3v) is 5.17. The number of benzene rings is 2. The first-order valence-electron chi connectivity index (χ1n) is 8.53. The van der Waals surface area contributed by atoms with E-state index in [9.17, 15) is 9.59 Å². The van der Waals surface area contributed by atoms with E-state index in [0.717, 1.165) is 6.42 Å². The fraction of sp³-hybridized carbons (Fsp3) is 0.300. The molecule has 136 valence electrons. The van der Waals surface area contributed by atoms with Gasteiger partial charge in [-0.25, -0.2) is 0 Å². The number of anilines is 1. The molecule has 3 rings (SSSR count). The number of carbonyl (C=O) groups is 2. The molecule has 1 aliphatic rings. The largest absolute Gasteiger partial charge is 0.338 e. The van der Waals surface area contributed by atoms with Crippen LogP contribution in [0.3, 0.4) is 0 Å². The summed E-state index contributed by atoms with van der Waals surface area (Å²) in [6, 6.07) is 13.1. The maximum absolute atomic E-state index is 12.6. The summed E-state index contributed by atoms with van der Waals surface area (Å²) < 4.78 is 0. The molecule has 0 aliphatic carbocycles. The van der Waals surface area contributed by atoms with Crippen LogP contribution >= 0.6 is 23.2 Å². The Morgan fingerprint density at radius 3 is 2.58 bits per heavy atom. The minimum absolute atomic E-state index is 0.0314. The lowest BCUT2D eigenvalue weighted by atomic mass is 10.00. The molecule has 0 saturated carbocycles. The number of hydrogen-bond acceptors (Lipinski definition) is 2. The van der Waals surface area contributed by atoms with Crippen LogP contribution in [0.2, 0.25) is 10.0 Å². The van der Waals surface area contributed by atoms with Crippen molar-refractivity contribution in [2.24, 2.45) is 0 Å². The summed E-state index contributed by atoms with van der Waals surface area (Å²) in [7, 11) is 0. The van der Waals surface area contributed by atoms with Gasteiger partial charge in [-0.1, -0.05) is 47.5 Å². The van der Waals surface area contributed by atoms with Crippen molar-refractivity contribution in [1.29, 1.82) is 0 Å². The molecule has 1 heterocycles. The van der Waals surface area contributed by atoms with Crippen LogP contribution in [0.15, 0.2) is 42.5 Å². The van der Waals surface area contributed by atoms with Crippen LogP contribution in [0.4, 0.5) is 5.69 Å². The highest BCUT2D eigenvalue weighted by Crippen LogP contribution is 2.29. The fourth-order valence-corrected chi connectivity index (χ4v) is 3.60. The molecule has 0 bridgehead atoms. The van der Waals surface area contributed by atoms with E-state index in [-0.39, 0.29) is 24.8 Å². The van der Waals surface area contributed by atoms with Crippen molar-refractivity contribution in [3.63, 3.8) is 0 Å². The summed E-state index contributed by atoms with van der Waals surface area (Å²) in [6.07, 6.45) is 1.10. The minimum Gasteiger partial charge on any atom is -0.338 e. The second-order valence-corrected chi connectivity index (χ2v) is 7.19. The predicted molar refractivity (Wildman–Crippen MR) is 105 cm³/mol. The van der Waals surface area contributed by atoms with Crippen molar-refractivity contribution in [1.82, 2.24) is 4.90 Å². The van der Waals surface area contributed by atoms with E-state index in [4.69, 9.17) is 23.2 Å². The van der Waals surface area contributed by atoms with E-state index in [2.05, 4.69) is 12.1 Å². The summed E-state index contributed by atoms with van der Waals surface area (Å²) >= 11 is 12.2. The molecule has 0 unspecified atom stereocenters. The van der Waals surface area contributed by atoms with Crippen molar-refractivity contribution in [3.8, 4) is 0 Å². The molecule has 4 nitrogen and oxygen atoms in total. The van der Waals surface area contributed by atoms with Crippen molar-refractivity contribution in [2.75, 3.05) is 18.0 Å². The predicted octanol–water partition coefficient (Wildman–Crippen LogP) is 4.32. The van der Waals surface area contributed by atoms with Gasteiger partial charge in [0, 0.05) is 38.0 Å². The number of carbonyl (C=O) groups excluding carboxylic acids is 2. The Morgan fingerprint density at radius 1 is 1.12 bits per heavy atom. The Bertz CT molecular complexity index is 838. The van der Waals surface area contributed by atoms with Crippen LogP contribution in [0, 0.1) is 0 Å². The smallest absolute Gasteiger partial charge is 0.224 e. The molecule has 0 saturated heterocycles. The molecule has 2 aromatic rings. The standard InChI is InChI=1S/C20H20Cl2N2O2/c1-14(25)24(19-12-17(21)6-7-18(19)22)11-9-20(26)23-10-8-15-4-2-3-5-16(15)13-23/h2-7,12H,8-11,13H2,1H3. The van der Waals surface area contributed by atoms with E-state index < -0.39 is 0 Å². The van der Waals surface area contributed by atoms with Crippen LogP contribution in [-0.4, -0.2) is 29.8 Å². The van der Waals surface area contributed by atoms with Gasteiger partial charge in [0.15, 0.2) is 0 Å². The van der Waals surface area contributed by atoms with E-state index in [1.165, 1.54) is 23.0 Å². The van der Waals surface area contributed by atoms with Gasteiger partial charge in [-0.3, -0.25) is 9.59 Å². The molecule has 26 heavy (non-hydrogen) atoms. The van der Waals surface area contributed by atoms with E-state index in [1.807, 2.05) is 17.0 Å². The van der Waals surface area contributed by atoms with Gasteiger partial charge in [-0.2, -0.15) is 0 Å². The molecule has 0 atom stereocenters. The Balaban J connectivity index is 1.67. The third kappa shape index (κ3) is 4.19. The van der Waals surface area contributed by atoms with Crippen LogP contribution in [-0.2, 0) is 22.6 Å². The lowest BCUT2D eigenvalue weighted by Crippen LogP contribution is -2.39. The lowest BCUT2D eigenvalue weighted by Gasteiger charge is -2.30. The molecular weight excluding hydrogens is 371 g/mol. The summed E-state index contributed by atoms with van der Waals surface area (Å²) in [6.45, 7) is 3.05. The first-order valence-corrected chi connectivity index (χ1v) is 9.29. The number of hydrogen-bond donors (Lipinski definition) is 0. The van der Waals surface area contributed by atoms with Gasteiger partial charge >= 0.3 is 0 Å². The number of amides is 2. The summed E-state index contributed by atoms with van der Waals surface area (Å²) in [5.74, 6) is -0.144. The Labute approximate surface area is 163 Å². The summed E-state index contributed by atoms with van der Waals surface area (Å²) in [4.78, 5) is 28.1. The highest BCUT2D eigenvalue weighted by Gasteiger charge is 2.22. The van der Waals surface area contributed by atoms with Crippen molar-refractivity contribution in [3.05, 3.63) is 63.6 Å². The van der Waals surface area contributed by atoms with E-state index in [1.54, 1.807) is 18.2 Å². The zero-order valence-electron chi connectivity index (χ0n) is 14.5.